The topological polar surface area (TPSA) is 71.9 Å². The number of carbonyl (C=O) groups excluding carboxylic acids is 1. The molecule has 6 nitrogen and oxygen atoms in total. The van der Waals surface area contributed by atoms with Crippen LogP contribution in [0.4, 0.5) is 0 Å². The van der Waals surface area contributed by atoms with E-state index in [-0.39, 0.29) is 19.1 Å². The average molecular weight is 375 g/mol. The molecule has 3 rings (SSSR count). The van der Waals surface area contributed by atoms with E-state index in [4.69, 9.17) is 28.6 Å². The predicted octanol–water partition coefficient (Wildman–Crippen LogP) is 3.28. The third-order valence-electron chi connectivity index (χ3n) is 3.37. The van der Waals surface area contributed by atoms with E-state index in [1.54, 1.807) is 28.8 Å². The van der Waals surface area contributed by atoms with Gasteiger partial charge in [0.1, 0.15) is 5.75 Å². The van der Waals surface area contributed by atoms with E-state index in [9.17, 15) is 4.79 Å². The van der Waals surface area contributed by atoms with E-state index in [2.05, 4.69) is 15.5 Å². The van der Waals surface area contributed by atoms with Crippen molar-refractivity contribution in [2.45, 2.75) is 6.54 Å². The van der Waals surface area contributed by atoms with Crippen molar-refractivity contribution in [1.82, 2.24) is 20.1 Å². The zero-order valence-electron chi connectivity index (χ0n) is 13.1. The third kappa shape index (κ3) is 4.46. The van der Waals surface area contributed by atoms with Crippen LogP contribution in [-0.4, -0.2) is 27.3 Å². The van der Waals surface area contributed by atoms with E-state index >= 15 is 0 Å². The number of ether oxygens (including phenoxy) is 1. The first-order chi connectivity index (χ1) is 12.1. The zero-order valence-corrected chi connectivity index (χ0v) is 14.7. The van der Waals surface area contributed by atoms with Crippen LogP contribution in [0.15, 0.2) is 54.6 Å². The smallest absolute Gasteiger partial charge is 0.258 e. The fourth-order valence-electron chi connectivity index (χ4n) is 2.22. The zero-order chi connectivity index (χ0) is 17.6. The van der Waals surface area contributed by atoms with Crippen LogP contribution in [0.1, 0.15) is 5.82 Å². The van der Waals surface area contributed by atoms with Gasteiger partial charge in [0.15, 0.2) is 17.2 Å². The molecule has 0 unspecified atom stereocenters. The quantitative estimate of drug-likeness (QED) is 0.649. The van der Waals surface area contributed by atoms with Crippen LogP contribution in [0.5, 0.6) is 5.75 Å². The Balaban J connectivity index is 1.64. The van der Waals surface area contributed by atoms with Gasteiger partial charge < -0.3 is 10.1 Å². The van der Waals surface area contributed by atoms with Crippen LogP contribution in [-0.2, 0) is 11.3 Å². The Hall–Kier alpha value is -2.64. The van der Waals surface area contributed by atoms with Crippen LogP contribution in [0.2, 0.25) is 5.02 Å². The minimum atomic E-state index is -0.254. The maximum Gasteiger partial charge on any atom is 0.258 e. The maximum absolute atomic E-state index is 12.0. The molecule has 0 bridgehead atoms. The maximum atomic E-state index is 12.0. The normalized spacial score (nSPS) is 10.4. The molecule has 1 heterocycles. The molecule has 0 aliphatic carbocycles. The average Bonchev–Trinajstić information content (AvgIpc) is 2.99. The number of nitrogens with zero attached hydrogens (tertiary/aromatic N) is 2. The molecule has 8 heteroatoms. The second-order valence-electron chi connectivity index (χ2n) is 5.14. The van der Waals surface area contributed by atoms with Crippen LogP contribution in [0, 0.1) is 4.77 Å². The number of halogens is 1. The summed E-state index contributed by atoms with van der Waals surface area (Å²) in [6.07, 6.45) is 0. The highest BCUT2D eigenvalue weighted by atomic mass is 35.5. The van der Waals surface area contributed by atoms with Gasteiger partial charge in [-0.25, -0.2) is 0 Å². The Morgan fingerprint density at radius 3 is 2.80 bits per heavy atom. The molecule has 0 spiro atoms. The van der Waals surface area contributed by atoms with Gasteiger partial charge in [0, 0.05) is 5.02 Å². The van der Waals surface area contributed by atoms with E-state index < -0.39 is 0 Å². The number of amides is 1. The number of hydrogen-bond acceptors (Lipinski definition) is 4. The van der Waals surface area contributed by atoms with Crippen molar-refractivity contribution in [3.63, 3.8) is 0 Å². The Labute approximate surface area is 154 Å². The monoisotopic (exact) mass is 374 g/mol. The lowest BCUT2D eigenvalue weighted by Crippen LogP contribution is -2.29. The highest BCUT2D eigenvalue weighted by Crippen LogP contribution is 2.16. The van der Waals surface area contributed by atoms with Crippen molar-refractivity contribution in [2.24, 2.45) is 0 Å². The van der Waals surface area contributed by atoms with Crippen molar-refractivity contribution in [3.8, 4) is 11.4 Å². The molecule has 0 saturated carbocycles. The number of para-hydroxylation sites is 1. The highest BCUT2D eigenvalue weighted by Gasteiger charge is 2.10. The lowest BCUT2D eigenvalue weighted by molar-refractivity contribution is -0.123. The van der Waals surface area contributed by atoms with Gasteiger partial charge in [-0.3, -0.25) is 14.5 Å². The van der Waals surface area contributed by atoms with Gasteiger partial charge in [0.25, 0.3) is 5.91 Å². The fraction of sp³-hybridized carbons (Fsp3) is 0.118. The number of rotatable bonds is 6. The van der Waals surface area contributed by atoms with Crippen LogP contribution in [0.3, 0.4) is 0 Å². The van der Waals surface area contributed by atoms with Crippen LogP contribution in [0.25, 0.3) is 5.69 Å². The summed E-state index contributed by atoms with van der Waals surface area (Å²) in [6, 6.07) is 16.4. The molecule has 128 valence electrons. The molecule has 0 saturated heterocycles. The van der Waals surface area contributed by atoms with Crippen molar-refractivity contribution in [2.75, 3.05) is 6.61 Å². The van der Waals surface area contributed by atoms with Crippen LogP contribution >= 0.6 is 23.8 Å². The van der Waals surface area contributed by atoms with E-state index in [0.717, 1.165) is 5.69 Å². The molecular weight excluding hydrogens is 360 g/mol. The van der Waals surface area contributed by atoms with Crippen LogP contribution < -0.4 is 10.1 Å². The third-order valence-corrected chi connectivity index (χ3v) is 3.87. The van der Waals surface area contributed by atoms with Crippen molar-refractivity contribution in [3.05, 3.63) is 70.2 Å². The standard InChI is InChI=1S/C17H15ClN4O2S/c18-12-5-4-6-13(9-12)22-15(20-21-17(22)25)10-19-16(23)11-24-14-7-2-1-3-8-14/h1-9H,10-11H2,(H,19,23)(H,21,25). The molecular formula is C17H15ClN4O2S. The summed E-state index contributed by atoms with van der Waals surface area (Å²) in [5.41, 5.74) is 0.774. The molecule has 25 heavy (non-hydrogen) atoms. The molecule has 1 aromatic heterocycles. The summed E-state index contributed by atoms with van der Waals surface area (Å²) in [7, 11) is 0. The molecule has 2 aromatic carbocycles. The van der Waals surface area contributed by atoms with E-state index in [0.29, 0.717) is 21.4 Å². The Kier molecular flexibility index (Phi) is 5.47. The summed E-state index contributed by atoms with van der Waals surface area (Å²) in [5, 5.41) is 10.2. The Bertz CT molecular complexity index is 924. The summed E-state index contributed by atoms with van der Waals surface area (Å²) < 4.78 is 7.55. The number of aromatic amines is 1. The van der Waals surface area contributed by atoms with Gasteiger partial charge in [-0.15, -0.1) is 0 Å². The molecule has 0 fully saturated rings. The highest BCUT2D eigenvalue weighted by molar-refractivity contribution is 7.71. The van der Waals surface area contributed by atoms with Gasteiger partial charge in [0.05, 0.1) is 12.2 Å². The van der Waals surface area contributed by atoms with E-state index in [1.807, 2.05) is 30.3 Å². The summed E-state index contributed by atoms with van der Waals surface area (Å²) in [6.45, 7) is 0.128. The van der Waals surface area contributed by atoms with Crippen molar-refractivity contribution in [1.29, 1.82) is 0 Å². The van der Waals surface area contributed by atoms with Gasteiger partial charge in [-0.2, -0.15) is 5.10 Å². The SMILES string of the molecule is O=C(COc1ccccc1)NCc1n[nH]c(=S)n1-c1cccc(Cl)c1. The van der Waals surface area contributed by atoms with Crippen molar-refractivity contribution < 1.29 is 9.53 Å². The second kappa shape index (κ2) is 7.96. The molecule has 0 atom stereocenters. The molecule has 2 N–H and O–H groups in total. The summed E-state index contributed by atoms with van der Waals surface area (Å²) in [5.74, 6) is 0.954. The molecule has 1 amide bonds. The van der Waals surface area contributed by atoms with Gasteiger partial charge >= 0.3 is 0 Å². The van der Waals surface area contributed by atoms with Gasteiger partial charge in [-0.1, -0.05) is 35.9 Å². The molecule has 3 aromatic rings. The fourth-order valence-corrected chi connectivity index (χ4v) is 2.66. The first kappa shape index (κ1) is 17.2. The number of hydrogen-bond donors (Lipinski definition) is 2. The number of H-pyrrole nitrogens is 1. The number of carbonyl (C=O) groups is 1. The van der Waals surface area contributed by atoms with E-state index in [1.165, 1.54) is 0 Å². The largest absolute Gasteiger partial charge is 0.484 e. The van der Waals surface area contributed by atoms with Gasteiger partial charge in [0.2, 0.25) is 0 Å². The number of benzene rings is 2. The lowest BCUT2D eigenvalue weighted by Gasteiger charge is -2.09. The number of aromatic nitrogens is 3. The first-order valence-electron chi connectivity index (χ1n) is 7.50. The second-order valence-corrected chi connectivity index (χ2v) is 5.96. The minimum absolute atomic E-state index is 0.0771. The lowest BCUT2D eigenvalue weighted by atomic mass is 10.3. The first-order valence-corrected chi connectivity index (χ1v) is 8.29. The number of nitrogens with one attached hydrogen (secondary N) is 2. The summed E-state index contributed by atoms with van der Waals surface area (Å²) >= 11 is 11.3. The van der Waals surface area contributed by atoms with Crippen molar-refractivity contribution >= 4 is 29.7 Å². The molecule has 0 radical (unpaired) electrons. The molecule has 0 aliphatic heterocycles. The Morgan fingerprint density at radius 2 is 2.04 bits per heavy atom. The Morgan fingerprint density at radius 1 is 1.24 bits per heavy atom. The predicted molar refractivity (Wildman–Crippen MR) is 97.5 cm³/mol. The van der Waals surface area contributed by atoms with Gasteiger partial charge in [-0.05, 0) is 42.5 Å². The summed E-state index contributed by atoms with van der Waals surface area (Å²) in [4.78, 5) is 12.0. The molecule has 0 aliphatic rings. The minimum Gasteiger partial charge on any atom is -0.484 e.